The Labute approximate surface area is 128 Å². The van der Waals surface area contributed by atoms with Gasteiger partial charge in [-0.25, -0.2) is 4.98 Å². The molecule has 114 valence electrons. The van der Waals surface area contributed by atoms with Gasteiger partial charge >= 0.3 is 0 Å². The van der Waals surface area contributed by atoms with Gasteiger partial charge in [0.05, 0.1) is 6.54 Å². The molecule has 0 aliphatic rings. The van der Waals surface area contributed by atoms with Crippen molar-refractivity contribution in [1.29, 1.82) is 0 Å². The van der Waals surface area contributed by atoms with E-state index in [4.69, 9.17) is 5.73 Å². The molecule has 0 aliphatic heterocycles. The molecule has 2 heterocycles. The van der Waals surface area contributed by atoms with Crippen molar-refractivity contribution in [2.45, 2.75) is 33.7 Å². The summed E-state index contributed by atoms with van der Waals surface area (Å²) in [5.41, 5.74) is 5.76. The Bertz CT molecular complexity index is 580. The maximum absolute atomic E-state index is 5.76. The van der Waals surface area contributed by atoms with E-state index in [0.29, 0.717) is 18.4 Å². The topological polar surface area (TPSA) is 92.8 Å². The van der Waals surface area contributed by atoms with Crippen molar-refractivity contribution in [1.82, 2.24) is 19.9 Å². The Hall–Kier alpha value is -1.96. The van der Waals surface area contributed by atoms with Crippen molar-refractivity contribution in [3.63, 3.8) is 0 Å². The lowest BCUT2D eigenvalue weighted by Gasteiger charge is -2.18. The van der Waals surface area contributed by atoms with Crippen molar-refractivity contribution < 1.29 is 0 Å². The average molecular weight is 307 g/mol. The van der Waals surface area contributed by atoms with Crippen LogP contribution in [0.2, 0.25) is 0 Å². The minimum Gasteiger partial charge on any atom is -0.368 e. The summed E-state index contributed by atoms with van der Waals surface area (Å²) >= 11 is 1.69. The number of nitrogen functional groups attached to an aromatic ring is 1. The van der Waals surface area contributed by atoms with Crippen LogP contribution >= 0.6 is 11.3 Å². The number of anilines is 3. The third kappa shape index (κ3) is 4.01. The Morgan fingerprint density at radius 2 is 1.95 bits per heavy atom. The van der Waals surface area contributed by atoms with Gasteiger partial charge in [-0.1, -0.05) is 6.92 Å². The Morgan fingerprint density at radius 3 is 2.57 bits per heavy atom. The molecule has 8 heteroatoms. The monoisotopic (exact) mass is 307 g/mol. The fraction of sp³-hybridized carbons (Fsp3) is 0.538. The molecular formula is C13H21N7S. The molecule has 0 amide bonds. The summed E-state index contributed by atoms with van der Waals surface area (Å²) in [5, 5.41) is 4.17. The Morgan fingerprint density at radius 1 is 1.19 bits per heavy atom. The maximum atomic E-state index is 5.76. The number of thiazole rings is 1. The van der Waals surface area contributed by atoms with E-state index in [1.807, 2.05) is 11.1 Å². The number of nitrogens with zero attached hydrogens (tertiary/aromatic N) is 5. The van der Waals surface area contributed by atoms with Crippen LogP contribution < -0.4 is 16.0 Å². The van der Waals surface area contributed by atoms with Crippen LogP contribution in [0.1, 0.15) is 30.7 Å². The standard InChI is InChI=1S/C13H21N7S/c1-4-9-7-15-10(21-9)8-16-12-17-11(14)18-13(19-12)20(5-2)6-3/h7H,4-6,8H2,1-3H3,(H3,14,16,17,18,19). The van der Waals surface area contributed by atoms with Gasteiger partial charge in [0.15, 0.2) is 0 Å². The van der Waals surface area contributed by atoms with Crippen molar-refractivity contribution in [3.05, 3.63) is 16.1 Å². The molecule has 2 aromatic rings. The molecule has 0 fully saturated rings. The van der Waals surface area contributed by atoms with Crippen LogP contribution in [0.15, 0.2) is 6.20 Å². The summed E-state index contributed by atoms with van der Waals surface area (Å²) in [6, 6.07) is 0. The first-order valence-electron chi connectivity index (χ1n) is 7.10. The molecule has 0 aliphatic carbocycles. The van der Waals surface area contributed by atoms with Gasteiger partial charge in [0.25, 0.3) is 0 Å². The minimum atomic E-state index is 0.225. The van der Waals surface area contributed by atoms with Gasteiger partial charge in [0, 0.05) is 24.2 Å². The van der Waals surface area contributed by atoms with E-state index in [0.717, 1.165) is 24.5 Å². The van der Waals surface area contributed by atoms with Crippen molar-refractivity contribution >= 4 is 29.2 Å². The maximum Gasteiger partial charge on any atom is 0.231 e. The highest BCUT2D eigenvalue weighted by Gasteiger charge is 2.10. The lowest BCUT2D eigenvalue weighted by Crippen LogP contribution is -2.25. The minimum absolute atomic E-state index is 0.225. The fourth-order valence-corrected chi connectivity index (χ4v) is 2.66. The molecule has 0 unspecified atom stereocenters. The molecule has 7 nitrogen and oxygen atoms in total. The molecule has 0 spiro atoms. The van der Waals surface area contributed by atoms with E-state index >= 15 is 0 Å². The molecule has 0 saturated heterocycles. The van der Waals surface area contributed by atoms with Crippen molar-refractivity contribution in [3.8, 4) is 0 Å². The van der Waals surface area contributed by atoms with Crippen molar-refractivity contribution in [2.75, 3.05) is 29.0 Å². The number of hydrogen-bond acceptors (Lipinski definition) is 8. The van der Waals surface area contributed by atoms with E-state index in [1.165, 1.54) is 4.88 Å². The molecular weight excluding hydrogens is 286 g/mol. The van der Waals surface area contributed by atoms with Gasteiger partial charge in [0.1, 0.15) is 5.01 Å². The van der Waals surface area contributed by atoms with Crippen LogP contribution in [0, 0.1) is 0 Å². The summed E-state index contributed by atoms with van der Waals surface area (Å²) in [6.07, 6.45) is 2.91. The van der Waals surface area contributed by atoms with Gasteiger partial charge in [-0.3, -0.25) is 0 Å². The second-order valence-electron chi connectivity index (χ2n) is 4.42. The number of aromatic nitrogens is 4. The SMILES string of the molecule is CCc1cnc(CNc2nc(N)nc(N(CC)CC)n2)s1. The smallest absolute Gasteiger partial charge is 0.231 e. The van der Waals surface area contributed by atoms with Crippen LogP contribution in [0.5, 0.6) is 0 Å². The zero-order chi connectivity index (χ0) is 15.2. The highest BCUT2D eigenvalue weighted by Crippen LogP contribution is 2.16. The molecule has 2 aromatic heterocycles. The van der Waals surface area contributed by atoms with Gasteiger partial charge in [-0.15, -0.1) is 11.3 Å². The molecule has 0 saturated carbocycles. The number of rotatable bonds is 7. The van der Waals surface area contributed by atoms with Crippen molar-refractivity contribution in [2.24, 2.45) is 0 Å². The Kier molecular flexibility index (Phi) is 5.26. The molecule has 0 radical (unpaired) electrons. The molecule has 0 atom stereocenters. The zero-order valence-electron chi connectivity index (χ0n) is 12.6. The zero-order valence-corrected chi connectivity index (χ0v) is 13.4. The molecule has 2 rings (SSSR count). The van der Waals surface area contributed by atoms with Crippen LogP contribution in [-0.4, -0.2) is 33.0 Å². The predicted octanol–water partition coefficient (Wildman–Crippen LogP) is 1.93. The third-order valence-electron chi connectivity index (χ3n) is 3.03. The number of aryl methyl sites for hydroxylation is 1. The van der Waals surface area contributed by atoms with E-state index in [-0.39, 0.29) is 5.95 Å². The largest absolute Gasteiger partial charge is 0.368 e. The fourth-order valence-electron chi connectivity index (χ4n) is 1.86. The first kappa shape index (κ1) is 15.4. The number of nitrogens with two attached hydrogens (primary N) is 1. The quantitative estimate of drug-likeness (QED) is 0.807. The predicted molar refractivity (Wildman–Crippen MR) is 86.6 cm³/mol. The molecule has 3 N–H and O–H groups in total. The first-order chi connectivity index (χ1) is 10.2. The van der Waals surface area contributed by atoms with E-state index in [9.17, 15) is 0 Å². The summed E-state index contributed by atoms with van der Waals surface area (Å²) in [6.45, 7) is 8.47. The summed E-state index contributed by atoms with van der Waals surface area (Å²) in [5.74, 6) is 1.31. The van der Waals surface area contributed by atoms with Crippen LogP contribution in [-0.2, 0) is 13.0 Å². The van der Waals surface area contributed by atoms with E-state index in [1.54, 1.807) is 11.3 Å². The summed E-state index contributed by atoms with van der Waals surface area (Å²) < 4.78 is 0. The van der Waals surface area contributed by atoms with Gasteiger partial charge in [0.2, 0.25) is 17.8 Å². The Balaban J connectivity index is 2.08. The highest BCUT2D eigenvalue weighted by atomic mass is 32.1. The lowest BCUT2D eigenvalue weighted by atomic mass is 10.4. The second-order valence-corrected chi connectivity index (χ2v) is 5.62. The molecule has 21 heavy (non-hydrogen) atoms. The molecule has 0 aromatic carbocycles. The van der Waals surface area contributed by atoms with Crippen LogP contribution in [0.25, 0.3) is 0 Å². The summed E-state index contributed by atoms with van der Waals surface area (Å²) in [4.78, 5) is 20.4. The first-order valence-corrected chi connectivity index (χ1v) is 7.91. The van der Waals surface area contributed by atoms with Crippen LogP contribution in [0.3, 0.4) is 0 Å². The molecule has 0 bridgehead atoms. The van der Waals surface area contributed by atoms with Gasteiger partial charge < -0.3 is 16.0 Å². The van der Waals surface area contributed by atoms with Gasteiger partial charge in [-0.2, -0.15) is 15.0 Å². The normalized spacial score (nSPS) is 10.6. The van der Waals surface area contributed by atoms with Crippen LogP contribution in [0.4, 0.5) is 17.8 Å². The van der Waals surface area contributed by atoms with E-state index < -0.39 is 0 Å². The van der Waals surface area contributed by atoms with E-state index in [2.05, 4.69) is 46.0 Å². The number of hydrogen-bond donors (Lipinski definition) is 2. The second kappa shape index (κ2) is 7.16. The average Bonchev–Trinajstić information content (AvgIpc) is 2.94. The highest BCUT2D eigenvalue weighted by molar-refractivity contribution is 7.11. The van der Waals surface area contributed by atoms with Gasteiger partial charge in [-0.05, 0) is 20.3 Å². The number of nitrogens with one attached hydrogen (secondary N) is 1. The summed E-state index contributed by atoms with van der Waals surface area (Å²) in [7, 11) is 0. The lowest BCUT2D eigenvalue weighted by molar-refractivity contribution is 0.814. The third-order valence-corrected chi connectivity index (χ3v) is 4.18.